The summed E-state index contributed by atoms with van der Waals surface area (Å²) in [7, 11) is -3.87. The molecule has 0 spiro atoms. The van der Waals surface area contributed by atoms with Crippen molar-refractivity contribution in [2.24, 2.45) is 5.73 Å². The zero-order valence-corrected chi connectivity index (χ0v) is 10.0. The first kappa shape index (κ1) is 17.1. The summed E-state index contributed by atoms with van der Waals surface area (Å²) in [6, 6.07) is -1.38. The first-order valence-electron chi connectivity index (χ1n) is 4.89. The highest BCUT2D eigenvalue weighted by Gasteiger charge is 2.38. The van der Waals surface area contributed by atoms with Crippen LogP contribution in [-0.2, 0) is 14.6 Å². The van der Waals surface area contributed by atoms with Gasteiger partial charge >= 0.3 is 12.1 Å². The van der Waals surface area contributed by atoms with E-state index >= 15 is 0 Å². The maximum atomic E-state index is 11.9. The first-order chi connectivity index (χ1) is 7.96. The van der Waals surface area contributed by atoms with E-state index in [9.17, 15) is 26.4 Å². The Kier molecular flexibility index (Phi) is 6.04. The third kappa shape index (κ3) is 6.77. The van der Waals surface area contributed by atoms with Crippen molar-refractivity contribution in [3.05, 3.63) is 0 Å². The number of rotatable bonds is 7. The highest BCUT2D eigenvalue weighted by atomic mass is 32.2. The second kappa shape index (κ2) is 6.34. The SMILES string of the molecule is N[C@@H](CCS(=O)(=O)CCC(O)C(F)(F)F)C(=O)O. The van der Waals surface area contributed by atoms with Crippen molar-refractivity contribution in [1.82, 2.24) is 0 Å². The number of hydrogen-bond acceptors (Lipinski definition) is 5. The number of sulfone groups is 1. The smallest absolute Gasteiger partial charge is 0.414 e. The van der Waals surface area contributed by atoms with Gasteiger partial charge in [0.25, 0.3) is 0 Å². The molecule has 0 aromatic heterocycles. The van der Waals surface area contributed by atoms with Crippen LogP contribution in [-0.4, -0.2) is 54.4 Å². The maximum Gasteiger partial charge on any atom is 0.414 e. The summed E-state index contributed by atoms with van der Waals surface area (Å²) in [6.07, 6.45) is -8.94. The van der Waals surface area contributed by atoms with Crippen molar-refractivity contribution in [3.8, 4) is 0 Å². The topological polar surface area (TPSA) is 118 Å². The molecule has 18 heavy (non-hydrogen) atoms. The Balaban J connectivity index is 4.22. The van der Waals surface area contributed by atoms with E-state index in [0.717, 1.165) is 0 Å². The monoisotopic (exact) mass is 293 g/mol. The number of carboxylic acid groups (broad SMARTS) is 1. The minimum atomic E-state index is -4.87. The van der Waals surface area contributed by atoms with E-state index in [1.54, 1.807) is 0 Å². The standard InChI is InChI=1S/C8H14F3NO5S/c9-8(10,11)6(13)2-4-18(16,17)3-1-5(12)7(14)15/h5-6,13H,1-4,12H2,(H,14,15)/t5-,6?/m0/s1. The number of halogens is 3. The summed E-state index contributed by atoms with van der Waals surface area (Å²) in [5.74, 6) is -2.90. The molecule has 0 amide bonds. The number of carboxylic acids is 1. The fourth-order valence-corrected chi connectivity index (χ4v) is 2.39. The predicted octanol–water partition coefficient (Wildman–Crippen LogP) is -0.484. The minimum absolute atomic E-state index is 0.389. The van der Waals surface area contributed by atoms with Gasteiger partial charge in [-0.3, -0.25) is 4.79 Å². The van der Waals surface area contributed by atoms with E-state index in [0.29, 0.717) is 0 Å². The molecule has 0 aliphatic carbocycles. The van der Waals surface area contributed by atoms with Gasteiger partial charge in [-0.1, -0.05) is 0 Å². The van der Waals surface area contributed by atoms with Crippen molar-refractivity contribution >= 4 is 15.8 Å². The Hall–Kier alpha value is -0.870. The molecule has 0 saturated carbocycles. The van der Waals surface area contributed by atoms with Crippen molar-refractivity contribution in [1.29, 1.82) is 0 Å². The zero-order valence-electron chi connectivity index (χ0n) is 9.22. The molecule has 108 valence electrons. The molecule has 10 heteroatoms. The lowest BCUT2D eigenvalue weighted by atomic mass is 10.2. The quantitative estimate of drug-likeness (QED) is 0.583. The minimum Gasteiger partial charge on any atom is -0.480 e. The predicted molar refractivity (Wildman–Crippen MR) is 55.6 cm³/mol. The number of carbonyl (C=O) groups is 1. The van der Waals surface area contributed by atoms with Gasteiger partial charge in [-0.05, 0) is 12.8 Å². The van der Waals surface area contributed by atoms with Gasteiger partial charge in [-0.25, -0.2) is 8.42 Å². The highest BCUT2D eigenvalue weighted by Crippen LogP contribution is 2.22. The van der Waals surface area contributed by atoms with Crippen molar-refractivity contribution in [2.45, 2.75) is 31.2 Å². The molecule has 4 N–H and O–H groups in total. The van der Waals surface area contributed by atoms with E-state index in [1.807, 2.05) is 0 Å². The van der Waals surface area contributed by atoms with Gasteiger partial charge in [0.1, 0.15) is 15.9 Å². The van der Waals surface area contributed by atoms with E-state index in [1.165, 1.54) is 0 Å². The van der Waals surface area contributed by atoms with E-state index < -0.39 is 52.1 Å². The summed E-state index contributed by atoms with van der Waals surface area (Å²) >= 11 is 0. The Bertz CT molecular complexity index is 381. The molecule has 1 unspecified atom stereocenters. The van der Waals surface area contributed by atoms with Crippen LogP contribution in [0, 0.1) is 0 Å². The van der Waals surface area contributed by atoms with Crippen LogP contribution in [0.3, 0.4) is 0 Å². The summed E-state index contributed by atoms with van der Waals surface area (Å²) in [6.45, 7) is 0. The number of aliphatic carboxylic acids is 1. The summed E-state index contributed by atoms with van der Waals surface area (Å²) in [5, 5.41) is 17.0. The fourth-order valence-electron chi connectivity index (χ4n) is 0.987. The molecule has 0 rings (SSSR count). The van der Waals surface area contributed by atoms with E-state index in [2.05, 4.69) is 0 Å². The third-order valence-electron chi connectivity index (χ3n) is 2.14. The van der Waals surface area contributed by atoms with Crippen molar-refractivity contribution in [3.63, 3.8) is 0 Å². The van der Waals surface area contributed by atoms with Crippen molar-refractivity contribution in [2.75, 3.05) is 11.5 Å². The lowest BCUT2D eigenvalue weighted by molar-refractivity contribution is -0.203. The van der Waals surface area contributed by atoms with Crippen LogP contribution >= 0.6 is 0 Å². The van der Waals surface area contributed by atoms with Crippen LogP contribution in [0.4, 0.5) is 13.2 Å². The van der Waals surface area contributed by atoms with Crippen LogP contribution in [0.5, 0.6) is 0 Å². The second-order valence-electron chi connectivity index (χ2n) is 3.73. The van der Waals surface area contributed by atoms with Crippen molar-refractivity contribution < 1.29 is 36.6 Å². The van der Waals surface area contributed by atoms with Crippen LogP contribution in [0.15, 0.2) is 0 Å². The van der Waals surface area contributed by atoms with Gasteiger partial charge in [0.15, 0.2) is 6.10 Å². The number of aliphatic hydroxyl groups excluding tert-OH is 1. The summed E-state index contributed by atoms with van der Waals surface area (Å²) in [5.41, 5.74) is 5.06. The lowest BCUT2D eigenvalue weighted by Gasteiger charge is -2.14. The molecule has 0 heterocycles. The molecule has 6 nitrogen and oxygen atoms in total. The maximum absolute atomic E-state index is 11.9. The Morgan fingerprint density at radius 2 is 1.67 bits per heavy atom. The first-order valence-corrected chi connectivity index (χ1v) is 6.71. The molecular formula is C8H14F3NO5S. The molecule has 0 fully saturated rings. The second-order valence-corrected chi connectivity index (χ2v) is 6.03. The molecule has 0 radical (unpaired) electrons. The molecule has 0 bridgehead atoms. The number of hydrogen-bond donors (Lipinski definition) is 3. The summed E-state index contributed by atoms with van der Waals surface area (Å²) < 4.78 is 58.2. The van der Waals surface area contributed by atoms with Gasteiger partial charge < -0.3 is 15.9 Å². The Morgan fingerprint density at radius 1 is 1.22 bits per heavy atom. The van der Waals surface area contributed by atoms with E-state index in [4.69, 9.17) is 15.9 Å². The van der Waals surface area contributed by atoms with Gasteiger partial charge in [0, 0.05) is 0 Å². The molecular weight excluding hydrogens is 279 g/mol. The molecule has 0 aliphatic rings. The van der Waals surface area contributed by atoms with Crippen LogP contribution < -0.4 is 5.73 Å². The largest absolute Gasteiger partial charge is 0.480 e. The molecule has 2 atom stereocenters. The zero-order chi connectivity index (χ0) is 14.6. The molecule has 0 aliphatic heterocycles. The lowest BCUT2D eigenvalue weighted by Crippen LogP contribution is -2.34. The highest BCUT2D eigenvalue weighted by molar-refractivity contribution is 7.91. The molecule has 0 aromatic carbocycles. The normalized spacial score (nSPS) is 16.3. The van der Waals surface area contributed by atoms with Crippen LogP contribution in [0.2, 0.25) is 0 Å². The van der Waals surface area contributed by atoms with Gasteiger partial charge in [0.2, 0.25) is 0 Å². The molecule has 0 saturated heterocycles. The average Bonchev–Trinajstić information content (AvgIpc) is 2.21. The van der Waals surface area contributed by atoms with Crippen LogP contribution in [0.1, 0.15) is 12.8 Å². The average molecular weight is 293 g/mol. The summed E-state index contributed by atoms with van der Waals surface area (Å²) in [4.78, 5) is 10.3. The number of alkyl halides is 3. The number of nitrogens with two attached hydrogens (primary N) is 1. The van der Waals surface area contributed by atoms with Gasteiger partial charge in [-0.2, -0.15) is 13.2 Å². The van der Waals surface area contributed by atoms with Gasteiger partial charge in [0.05, 0.1) is 11.5 Å². The molecule has 0 aromatic rings. The number of aliphatic hydroxyl groups is 1. The third-order valence-corrected chi connectivity index (χ3v) is 3.85. The Morgan fingerprint density at radius 3 is 2.06 bits per heavy atom. The van der Waals surface area contributed by atoms with Crippen LogP contribution in [0.25, 0.3) is 0 Å². The van der Waals surface area contributed by atoms with E-state index in [-0.39, 0.29) is 6.42 Å². The van der Waals surface area contributed by atoms with Gasteiger partial charge in [-0.15, -0.1) is 0 Å². The fraction of sp³-hybridized carbons (Fsp3) is 0.875. The Labute approximate surface area is 102 Å².